The number of amides is 1. The van der Waals surface area contributed by atoms with Gasteiger partial charge in [-0.05, 0) is 24.3 Å². The molecule has 0 saturated carbocycles. The molecule has 3 aromatic rings. The van der Waals surface area contributed by atoms with Gasteiger partial charge in [0.25, 0.3) is 5.91 Å². The first kappa shape index (κ1) is 12.6. The van der Waals surface area contributed by atoms with E-state index in [4.69, 9.17) is 11.6 Å². The maximum absolute atomic E-state index is 12.4. The smallest absolute Gasteiger partial charge is 0.257 e. The topological polar surface area (TPSA) is 42.0 Å². The van der Waals surface area contributed by atoms with Gasteiger partial charge >= 0.3 is 0 Å². The number of hydrogen-bond acceptors (Lipinski definition) is 2. The zero-order valence-electron chi connectivity index (χ0n) is 10.5. The van der Waals surface area contributed by atoms with Crippen molar-refractivity contribution < 1.29 is 4.79 Å². The van der Waals surface area contributed by atoms with Crippen molar-refractivity contribution in [3.05, 3.63) is 71.4 Å². The van der Waals surface area contributed by atoms with E-state index < -0.39 is 0 Å². The van der Waals surface area contributed by atoms with Crippen LogP contribution < -0.4 is 5.32 Å². The predicted octanol–water partition coefficient (Wildman–Crippen LogP) is 4.14. The van der Waals surface area contributed by atoms with Gasteiger partial charge in [0.1, 0.15) is 0 Å². The molecule has 0 spiro atoms. The summed E-state index contributed by atoms with van der Waals surface area (Å²) in [4.78, 5) is 16.6. The Morgan fingerprint density at radius 2 is 1.80 bits per heavy atom. The highest BCUT2D eigenvalue weighted by atomic mass is 35.5. The summed E-state index contributed by atoms with van der Waals surface area (Å²) < 4.78 is 0. The van der Waals surface area contributed by atoms with E-state index in [1.165, 1.54) is 0 Å². The lowest BCUT2D eigenvalue weighted by atomic mass is 10.1. The molecule has 0 aliphatic heterocycles. The monoisotopic (exact) mass is 282 g/mol. The summed E-state index contributed by atoms with van der Waals surface area (Å²) in [5.41, 5.74) is 1.80. The number of anilines is 1. The van der Waals surface area contributed by atoms with Gasteiger partial charge in [0.15, 0.2) is 0 Å². The summed E-state index contributed by atoms with van der Waals surface area (Å²) in [7, 11) is 0. The molecule has 0 unspecified atom stereocenters. The standard InChI is InChI=1S/C16H11ClN2O/c17-13-8-1-2-9-14(13)19-16(20)12-7-3-5-11-6-4-10-18-15(11)12/h1-10H,(H,19,20). The van der Waals surface area contributed by atoms with E-state index in [-0.39, 0.29) is 5.91 Å². The number of pyridine rings is 1. The summed E-state index contributed by atoms with van der Waals surface area (Å²) in [6, 6.07) is 16.4. The summed E-state index contributed by atoms with van der Waals surface area (Å²) in [6.07, 6.45) is 1.68. The van der Waals surface area contributed by atoms with Crippen LogP contribution >= 0.6 is 11.6 Å². The average Bonchev–Trinajstić information content (AvgIpc) is 2.49. The second kappa shape index (κ2) is 5.31. The Morgan fingerprint density at radius 1 is 1.00 bits per heavy atom. The van der Waals surface area contributed by atoms with Crippen LogP contribution in [0.1, 0.15) is 10.4 Å². The molecule has 2 aromatic carbocycles. The van der Waals surface area contributed by atoms with Gasteiger partial charge in [-0.15, -0.1) is 0 Å². The molecule has 0 fully saturated rings. The molecule has 0 atom stereocenters. The lowest BCUT2D eigenvalue weighted by Crippen LogP contribution is -2.13. The van der Waals surface area contributed by atoms with Crippen molar-refractivity contribution in [2.45, 2.75) is 0 Å². The number of nitrogens with zero attached hydrogens (tertiary/aromatic N) is 1. The van der Waals surface area contributed by atoms with Gasteiger partial charge in [-0.25, -0.2) is 0 Å². The number of rotatable bonds is 2. The number of para-hydroxylation sites is 2. The van der Waals surface area contributed by atoms with E-state index in [9.17, 15) is 4.79 Å². The van der Waals surface area contributed by atoms with Crippen LogP contribution in [0.2, 0.25) is 5.02 Å². The first-order valence-corrected chi connectivity index (χ1v) is 6.53. The molecular formula is C16H11ClN2O. The average molecular weight is 283 g/mol. The number of hydrogen-bond donors (Lipinski definition) is 1. The van der Waals surface area contributed by atoms with Crippen molar-refractivity contribution in [2.75, 3.05) is 5.32 Å². The van der Waals surface area contributed by atoms with E-state index in [2.05, 4.69) is 10.3 Å². The second-order valence-electron chi connectivity index (χ2n) is 4.31. The summed E-state index contributed by atoms with van der Waals surface area (Å²) in [5.74, 6) is -0.220. The molecule has 3 nitrogen and oxygen atoms in total. The number of nitrogens with one attached hydrogen (secondary N) is 1. The third kappa shape index (κ3) is 2.36. The van der Waals surface area contributed by atoms with Crippen LogP contribution in [0, 0.1) is 0 Å². The molecule has 0 saturated heterocycles. The summed E-state index contributed by atoms with van der Waals surface area (Å²) >= 11 is 6.04. The fraction of sp³-hybridized carbons (Fsp3) is 0. The lowest BCUT2D eigenvalue weighted by Gasteiger charge is -2.08. The van der Waals surface area contributed by atoms with Crippen LogP contribution in [0.25, 0.3) is 10.9 Å². The maximum Gasteiger partial charge on any atom is 0.257 e. The maximum atomic E-state index is 12.4. The van der Waals surface area contributed by atoms with Gasteiger partial charge in [0.2, 0.25) is 0 Å². The molecule has 1 heterocycles. The normalized spacial score (nSPS) is 10.4. The molecule has 98 valence electrons. The van der Waals surface area contributed by atoms with E-state index >= 15 is 0 Å². The molecule has 1 N–H and O–H groups in total. The van der Waals surface area contributed by atoms with Crippen LogP contribution in [0.15, 0.2) is 60.8 Å². The molecular weight excluding hydrogens is 272 g/mol. The van der Waals surface area contributed by atoms with Gasteiger partial charge in [-0.1, -0.05) is 41.9 Å². The second-order valence-corrected chi connectivity index (χ2v) is 4.72. The minimum Gasteiger partial charge on any atom is -0.321 e. The number of halogens is 1. The van der Waals surface area contributed by atoms with E-state index in [0.717, 1.165) is 5.39 Å². The third-order valence-electron chi connectivity index (χ3n) is 3.00. The van der Waals surface area contributed by atoms with Crippen LogP contribution in [-0.4, -0.2) is 10.9 Å². The van der Waals surface area contributed by atoms with Crippen LogP contribution in [0.4, 0.5) is 5.69 Å². The quantitative estimate of drug-likeness (QED) is 0.767. The van der Waals surface area contributed by atoms with E-state index in [1.54, 1.807) is 24.4 Å². The molecule has 4 heteroatoms. The molecule has 0 aliphatic rings. The minimum absolute atomic E-state index is 0.220. The molecule has 1 amide bonds. The zero-order valence-corrected chi connectivity index (χ0v) is 11.3. The predicted molar refractivity (Wildman–Crippen MR) is 81.1 cm³/mol. The molecule has 0 bridgehead atoms. The van der Waals surface area contributed by atoms with Crippen LogP contribution in [-0.2, 0) is 0 Å². The molecule has 1 aromatic heterocycles. The Balaban J connectivity index is 1.99. The highest BCUT2D eigenvalue weighted by Gasteiger charge is 2.12. The first-order chi connectivity index (χ1) is 9.75. The van der Waals surface area contributed by atoms with Crippen LogP contribution in [0.3, 0.4) is 0 Å². The van der Waals surface area contributed by atoms with Crippen molar-refractivity contribution in [3.63, 3.8) is 0 Å². The minimum atomic E-state index is -0.220. The fourth-order valence-electron chi connectivity index (χ4n) is 2.04. The van der Waals surface area contributed by atoms with Crippen molar-refractivity contribution in [1.82, 2.24) is 4.98 Å². The molecule has 0 aliphatic carbocycles. The van der Waals surface area contributed by atoms with Crippen molar-refractivity contribution >= 4 is 34.1 Å². The third-order valence-corrected chi connectivity index (χ3v) is 3.33. The van der Waals surface area contributed by atoms with Gasteiger partial charge in [0, 0.05) is 11.6 Å². The Morgan fingerprint density at radius 3 is 2.65 bits per heavy atom. The Hall–Kier alpha value is -2.39. The number of benzene rings is 2. The van der Waals surface area contributed by atoms with Crippen molar-refractivity contribution in [2.24, 2.45) is 0 Å². The Bertz CT molecular complexity index is 781. The van der Waals surface area contributed by atoms with Gasteiger partial charge < -0.3 is 5.32 Å². The molecule has 0 radical (unpaired) electrons. The number of fused-ring (bicyclic) bond motifs is 1. The molecule has 20 heavy (non-hydrogen) atoms. The largest absolute Gasteiger partial charge is 0.321 e. The van der Waals surface area contributed by atoms with E-state index in [0.29, 0.717) is 21.8 Å². The molecule has 3 rings (SSSR count). The summed E-state index contributed by atoms with van der Waals surface area (Å²) in [5, 5.41) is 4.25. The lowest BCUT2D eigenvalue weighted by molar-refractivity contribution is 0.102. The first-order valence-electron chi connectivity index (χ1n) is 6.15. The van der Waals surface area contributed by atoms with Gasteiger partial charge in [0.05, 0.1) is 21.8 Å². The fourth-order valence-corrected chi connectivity index (χ4v) is 2.22. The van der Waals surface area contributed by atoms with Gasteiger partial charge in [-0.2, -0.15) is 0 Å². The Kier molecular flexibility index (Phi) is 3.35. The highest BCUT2D eigenvalue weighted by Crippen LogP contribution is 2.22. The van der Waals surface area contributed by atoms with Crippen LogP contribution in [0.5, 0.6) is 0 Å². The van der Waals surface area contributed by atoms with E-state index in [1.807, 2.05) is 36.4 Å². The van der Waals surface area contributed by atoms with Crippen molar-refractivity contribution in [1.29, 1.82) is 0 Å². The Labute approximate surface area is 121 Å². The number of carbonyl (C=O) groups excluding carboxylic acids is 1. The van der Waals surface area contributed by atoms with Gasteiger partial charge in [-0.3, -0.25) is 9.78 Å². The van der Waals surface area contributed by atoms with Crippen molar-refractivity contribution in [3.8, 4) is 0 Å². The SMILES string of the molecule is O=C(Nc1ccccc1Cl)c1cccc2cccnc12. The zero-order chi connectivity index (χ0) is 13.9. The highest BCUT2D eigenvalue weighted by molar-refractivity contribution is 6.34. The number of aromatic nitrogens is 1. The summed E-state index contributed by atoms with van der Waals surface area (Å²) in [6.45, 7) is 0. The number of carbonyl (C=O) groups is 1.